The van der Waals surface area contributed by atoms with Gasteiger partial charge in [-0.25, -0.2) is 0 Å². The molecule has 6 heteroatoms. The van der Waals surface area contributed by atoms with Crippen LogP contribution in [0.25, 0.3) is 11.0 Å². The SMILES string of the molecule is Nc1cc(C(=O)CN(CCOc2cccc3c4c(oc23)CCCC4)Cc2ccccc2)ccc1OCc1ccccc1. The minimum Gasteiger partial charge on any atom is -0.488 e. The standard InChI is InChI=1S/C36H36N2O4/c37-31-22-28(18-19-34(31)41-25-27-12-5-2-6-13-27)32(39)24-38(23-26-10-3-1-4-11-26)20-21-40-35-17-9-15-30-29-14-7-8-16-33(29)42-36(30)35/h1-6,9-13,15,17-19,22H,7-8,14,16,20-21,23-25,37H2. The average molecular weight is 561 g/mol. The second kappa shape index (κ2) is 13.0. The topological polar surface area (TPSA) is 77.9 Å². The number of rotatable bonds is 12. The Morgan fingerprint density at radius 1 is 0.810 bits per heavy atom. The van der Waals surface area contributed by atoms with E-state index in [0.29, 0.717) is 43.3 Å². The number of carbonyl (C=O) groups excluding carboxylic acids is 1. The molecule has 6 nitrogen and oxygen atoms in total. The average Bonchev–Trinajstić information content (AvgIpc) is 3.41. The number of furan rings is 1. The molecule has 2 N–H and O–H groups in total. The second-order valence-corrected chi connectivity index (χ2v) is 10.8. The van der Waals surface area contributed by atoms with Gasteiger partial charge in [-0.05, 0) is 54.7 Å². The minimum atomic E-state index is -0.00643. The molecule has 1 aliphatic carbocycles. The molecule has 1 aliphatic rings. The zero-order valence-corrected chi connectivity index (χ0v) is 23.8. The van der Waals surface area contributed by atoms with Gasteiger partial charge in [-0.3, -0.25) is 9.69 Å². The molecule has 0 unspecified atom stereocenters. The van der Waals surface area contributed by atoms with E-state index < -0.39 is 0 Å². The maximum Gasteiger partial charge on any atom is 0.176 e. The van der Waals surface area contributed by atoms with Crippen LogP contribution in [0.2, 0.25) is 0 Å². The molecule has 4 aromatic carbocycles. The Labute approximate surface area is 246 Å². The van der Waals surface area contributed by atoms with E-state index in [1.807, 2.05) is 60.7 Å². The molecular formula is C36H36N2O4. The lowest BCUT2D eigenvalue weighted by atomic mass is 9.96. The number of carbonyl (C=O) groups is 1. The number of ether oxygens (including phenoxy) is 2. The molecule has 0 aliphatic heterocycles. The Morgan fingerprint density at radius 2 is 1.57 bits per heavy atom. The number of hydrogen-bond acceptors (Lipinski definition) is 6. The molecule has 5 aromatic rings. The Hall–Kier alpha value is -4.55. The largest absolute Gasteiger partial charge is 0.488 e. The van der Waals surface area contributed by atoms with Gasteiger partial charge in [-0.1, -0.05) is 72.8 Å². The molecule has 0 spiro atoms. The third-order valence-corrected chi connectivity index (χ3v) is 7.80. The molecule has 0 saturated heterocycles. The maximum atomic E-state index is 13.4. The van der Waals surface area contributed by atoms with Crippen molar-refractivity contribution >= 4 is 22.4 Å². The van der Waals surface area contributed by atoms with Gasteiger partial charge in [0.1, 0.15) is 24.7 Å². The number of aryl methyl sites for hydroxylation is 2. The van der Waals surface area contributed by atoms with Crippen LogP contribution in [-0.2, 0) is 26.0 Å². The molecule has 6 rings (SSSR count). The van der Waals surface area contributed by atoms with Crippen LogP contribution in [0.5, 0.6) is 11.5 Å². The quantitative estimate of drug-likeness (QED) is 0.128. The van der Waals surface area contributed by atoms with E-state index in [4.69, 9.17) is 19.6 Å². The fraction of sp³-hybridized carbons (Fsp3) is 0.250. The van der Waals surface area contributed by atoms with E-state index in [9.17, 15) is 4.79 Å². The smallest absolute Gasteiger partial charge is 0.176 e. The van der Waals surface area contributed by atoms with Gasteiger partial charge in [0.2, 0.25) is 0 Å². The molecule has 214 valence electrons. The highest BCUT2D eigenvalue weighted by Crippen LogP contribution is 2.36. The summed E-state index contributed by atoms with van der Waals surface area (Å²) in [7, 11) is 0. The van der Waals surface area contributed by atoms with Crippen molar-refractivity contribution in [2.24, 2.45) is 0 Å². The number of benzene rings is 4. The van der Waals surface area contributed by atoms with Crippen LogP contribution in [-0.4, -0.2) is 30.4 Å². The number of nitrogens with zero attached hydrogens (tertiary/aromatic N) is 1. The third kappa shape index (κ3) is 6.50. The molecule has 0 atom stereocenters. The van der Waals surface area contributed by atoms with Crippen LogP contribution >= 0.6 is 0 Å². The van der Waals surface area contributed by atoms with Crippen LogP contribution in [0.3, 0.4) is 0 Å². The Kier molecular flexibility index (Phi) is 8.52. The lowest BCUT2D eigenvalue weighted by molar-refractivity contribution is 0.0912. The van der Waals surface area contributed by atoms with E-state index in [1.54, 1.807) is 18.2 Å². The summed E-state index contributed by atoms with van der Waals surface area (Å²) in [5.74, 6) is 2.41. The van der Waals surface area contributed by atoms with Crippen LogP contribution in [0.4, 0.5) is 5.69 Å². The van der Waals surface area contributed by atoms with Crippen LogP contribution < -0.4 is 15.2 Å². The lowest BCUT2D eigenvalue weighted by Gasteiger charge is -2.22. The van der Waals surface area contributed by atoms with Crippen molar-refractivity contribution in [1.82, 2.24) is 4.90 Å². The molecule has 0 radical (unpaired) electrons. The maximum absolute atomic E-state index is 13.4. The molecule has 42 heavy (non-hydrogen) atoms. The summed E-state index contributed by atoms with van der Waals surface area (Å²) < 4.78 is 18.4. The summed E-state index contributed by atoms with van der Waals surface area (Å²) in [6, 6.07) is 31.5. The summed E-state index contributed by atoms with van der Waals surface area (Å²) in [5.41, 5.74) is 11.6. The van der Waals surface area contributed by atoms with Crippen molar-refractivity contribution < 1.29 is 18.7 Å². The first kappa shape index (κ1) is 27.6. The molecular weight excluding hydrogens is 524 g/mol. The highest BCUT2D eigenvalue weighted by molar-refractivity contribution is 5.98. The monoisotopic (exact) mass is 560 g/mol. The Balaban J connectivity index is 1.12. The molecule has 0 saturated carbocycles. The number of nitrogens with two attached hydrogens (primary N) is 1. The highest BCUT2D eigenvalue weighted by atomic mass is 16.5. The lowest BCUT2D eigenvalue weighted by Crippen LogP contribution is -2.33. The van der Waals surface area contributed by atoms with Gasteiger partial charge < -0.3 is 19.6 Å². The van der Waals surface area contributed by atoms with Crippen LogP contribution in [0, 0.1) is 0 Å². The number of anilines is 1. The number of hydrogen-bond donors (Lipinski definition) is 1. The molecule has 1 aromatic heterocycles. The summed E-state index contributed by atoms with van der Waals surface area (Å²) in [6.07, 6.45) is 4.41. The number of para-hydroxylation sites is 1. The van der Waals surface area contributed by atoms with Gasteiger partial charge in [-0.15, -0.1) is 0 Å². The highest BCUT2D eigenvalue weighted by Gasteiger charge is 2.20. The van der Waals surface area contributed by atoms with E-state index in [1.165, 1.54) is 18.4 Å². The van der Waals surface area contributed by atoms with E-state index in [2.05, 4.69) is 23.1 Å². The van der Waals surface area contributed by atoms with E-state index >= 15 is 0 Å². The van der Waals surface area contributed by atoms with Crippen LogP contribution in [0.1, 0.15) is 45.7 Å². The first-order valence-electron chi connectivity index (χ1n) is 14.7. The fourth-order valence-electron chi connectivity index (χ4n) is 5.59. The summed E-state index contributed by atoms with van der Waals surface area (Å²) >= 11 is 0. The van der Waals surface area contributed by atoms with Crippen molar-refractivity contribution in [3.8, 4) is 11.5 Å². The zero-order chi connectivity index (χ0) is 28.7. The first-order chi connectivity index (χ1) is 20.6. The summed E-state index contributed by atoms with van der Waals surface area (Å²) in [6.45, 7) is 2.28. The summed E-state index contributed by atoms with van der Waals surface area (Å²) in [5, 5.41) is 1.16. The van der Waals surface area contributed by atoms with Crippen molar-refractivity contribution in [2.75, 3.05) is 25.4 Å². The van der Waals surface area contributed by atoms with Crippen molar-refractivity contribution in [2.45, 2.75) is 38.8 Å². The molecule has 1 heterocycles. The molecule has 0 amide bonds. The third-order valence-electron chi connectivity index (χ3n) is 7.80. The fourth-order valence-corrected chi connectivity index (χ4v) is 5.59. The predicted octanol–water partition coefficient (Wildman–Crippen LogP) is 7.24. The summed E-state index contributed by atoms with van der Waals surface area (Å²) in [4.78, 5) is 15.5. The Morgan fingerprint density at radius 3 is 2.36 bits per heavy atom. The molecule has 0 fully saturated rings. The van der Waals surface area contributed by atoms with Crippen molar-refractivity contribution in [1.29, 1.82) is 0 Å². The van der Waals surface area contributed by atoms with E-state index in [0.717, 1.165) is 46.4 Å². The van der Waals surface area contributed by atoms with Gasteiger partial charge in [-0.2, -0.15) is 0 Å². The number of fused-ring (bicyclic) bond motifs is 3. The second-order valence-electron chi connectivity index (χ2n) is 10.8. The Bertz CT molecular complexity index is 1650. The number of nitrogen functional groups attached to an aromatic ring is 1. The van der Waals surface area contributed by atoms with Gasteiger partial charge in [0.25, 0.3) is 0 Å². The van der Waals surface area contributed by atoms with Gasteiger partial charge >= 0.3 is 0 Å². The minimum absolute atomic E-state index is 0.00643. The molecule has 0 bridgehead atoms. The van der Waals surface area contributed by atoms with Crippen molar-refractivity contribution in [3.63, 3.8) is 0 Å². The number of ketones is 1. The van der Waals surface area contributed by atoms with Gasteiger partial charge in [0.15, 0.2) is 17.1 Å². The number of Topliss-reactive ketones (excluding diaryl/α,β-unsaturated/α-hetero) is 1. The normalized spacial score (nSPS) is 12.8. The van der Waals surface area contributed by atoms with Crippen LogP contribution in [0.15, 0.2) is 101 Å². The first-order valence-corrected chi connectivity index (χ1v) is 14.7. The van der Waals surface area contributed by atoms with E-state index in [-0.39, 0.29) is 12.3 Å². The zero-order valence-electron chi connectivity index (χ0n) is 23.8. The van der Waals surface area contributed by atoms with Gasteiger partial charge in [0.05, 0.1) is 12.2 Å². The van der Waals surface area contributed by atoms with Gasteiger partial charge in [0, 0.05) is 36.0 Å². The predicted molar refractivity (Wildman–Crippen MR) is 166 cm³/mol. The van der Waals surface area contributed by atoms with Crippen molar-refractivity contribution in [3.05, 3.63) is 125 Å².